The molecule has 0 atom stereocenters. The first-order valence-corrected chi connectivity index (χ1v) is 7.38. The third-order valence-electron chi connectivity index (χ3n) is 2.94. The third-order valence-corrected chi connectivity index (χ3v) is 3.46. The van der Waals surface area contributed by atoms with E-state index in [4.69, 9.17) is 10.5 Å². The van der Waals surface area contributed by atoms with Gasteiger partial charge in [0.1, 0.15) is 5.75 Å². The van der Waals surface area contributed by atoms with Crippen molar-refractivity contribution in [1.82, 2.24) is 0 Å². The number of rotatable bonds is 5. The molecule has 0 bridgehead atoms. The zero-order valence-corrected chi connectivity index (χ0v) is 13.3. The van der Waals surface area contributed by atoms with E-state index in [0.29, 0.717) is 18.7 Å². The Labute approximate surface area is 132 Å². The number of nitrogen functional groups attached to an aromatic ring is 1. The Morgan fingerprint density at radius 1 is 1.24 bits per heavy atom. The molecule has 2 aromatic rings. The topological polar surface area (TPSA) is 64.3 Å². The van der Waals surface area contributed by atoms with Crippen LogP contribution in [0.15, 0.2) is 46.9 Å². The highest BCUT2D eigenvalue weighted by atomic mass is 79.9. The number of amides is 1. The molecule has 0 saturated heterocycles. The molecule has 0 aliphatic heterocycles. The summed E-state index contributed by atoms with van der Waals surface area (Å²) >= 11 is 3.36. The number of hydrogen-bond acceptors (Lipinski definition) is 3. The van der Waals surface area contributed by atoms with Gasteiger partial charge in [-0.1, -0.05) is 15.9 Å². The van der Waals surface area contributed by atoms with Crippen LogP contribution in [0, 0.1) is 6.92 Å². The predicted molar refractivity (Wildman–Crippen MR) is 88.5 cm³/mol. The first kappa shape index (κ1) is 15.4. The van der Waals surface area contributed by atoms with E-state index >= 15 is 0 Å². The van der Waals surface area contributed by atoms with Gasteiger partial charge in [0.05, 0.1) is 13.0 Å². The molecule has 0 heterocycles. The van der Waals surface area contributed by atoms with Gasteiger partial charge in [0, 0.05) is 15.8 Å². The summed E-state index contributed by atoms with van der Waals surface area (Å²) in [5.74, 6) is 0.662. The van der Waals surface area contributed by atoms with Crippen LogP contribution in [-0.4, -0.2) is 12.5 Å². The van der Waals surface area contributed by atoms with Crippen LogP contribution in [0.25, 0.3) is 0 Å². The molecular weight excluding hydrogens is 332 g/mol. The second-order valence-corrected chi connectivity index (χ2v) is 5.59. The molecule has 5 heteroatoms. The average Bonchev–Trinajstić information content (AvgIpc) is 2.44. The van der Waals surface area contributed by atoms with E-state index in [0.717, 1.165) is 21.5 Å². The number of anilines is 2. The largest absolute Gasteiger partial charge is 0.493 e. The minimum absolute atomic E-state index is 0.0833. The normalized spacial score (nSPS) is 10.2. The van der Waals surface area contributed by atoms with Crippen molar-refractivity contribution in [1.29, 1.82) is 0 Å². The van der Waals surface area contributed by atoms with Gasteiger partial charge in [0.25, 0.3) is 0 Å². The molecule has 0 aliphatic carbocycles. The summed E-state index contributed by atoms with van der Waals surface area (Å²) in [5, 5.41) is 2.85. The second-order valence-electron chi connectivity index (χ2n) is 4.67. The molecule has 0 unspecified atom stereocenters. The molecule has 1 amide bonds. The van der Waals surface area contributed by atoms with Crippen LogP contribution in [0.4, 0.5) is 11.4 Å². The van der Waals surface area contributed by atoms with Crippen LogP contribution in [0.2, 0.25) is 0 Å². The number of benzene rings is 2. The highest BCUT2D eigenvalue weighted by Crippen LogP contribution is 2.18. The Morgan fingerprint density at radius 2 is 1.95 bits per heavy atom. The fraction of sp³-hybridized carbons (Fsp3) is 0.188. The molecule has 0 saturated carbocycles. The van der Waals surface area contributed by atoms with Crippen molar-refractivity contribution in [3.63, 3.8) is 0 Å². The Balaban J connectivity index is 1.81. The van der Waals surface area contributed by atoms with Crippen molar-refractivity contribution in [3.05, 3.63) is 52.5 Å². The quantitative estimate of drug-likeness (QED) is 0.808. The van der Waals surface area contributed by atoms with Gasteiger partial charge >= 0.3 is 0 Å². The van der Waals surface area contributed by atoms with E-state index in [-0.39, 0.29) is 5.91 Å². The molecular formula is C16H17BrN2O2. The van der Waals surface area contributed by atoms with E-state index in [2.05, 4.69) is 21.2 Å². The van der Waals surface area contributed by atoms with Crippen molar-refractivity contribution >= 4 is 33.2 Å². The summed E-state index contributed by atoms with van der Waals surface area (Å²) in [4.78, 5) is 11.9. The standard InChI is InChI=1S/C16H17BrN2O2/c1-11-10-13(18)4-7-15(11)19-16(20)8-9-21-14-5-2-12(17)3-6-14/h2-7,10H,8-9,18H2,1H3,(H,19,20). The molecule has 2 aromatic carbocycles. The molecule has 0 aliphatic rings. The van der Waals surface area contributed by atoms with Gasteiger partial charge in [0.2, 0.25) is 5.91 Å². The molecule has 21 heavy (non-hydrogen) atoms. The van der Waals surface area contributed by atoms with E-state index in [1.165, 1.54) is 0 Å². The van der Waals surface area contributed by atoms with E-state index in [1.807, 2.05) is 37.3 Å². The maximum Gasteiger partial charge on any atom is 0.227 e. The smallest absolute Gasteiger partial charge is 0.227 e. The molecule has 3 N–H and O–H groups in total. The molecule has 0 aromatic heterocycles. The van der Waals surface area contributed by atoms with E-state index in [9.17, 15) is 4.79 Å². The number of carbonyl (C=O) groups is 1. The highest BCUT2D eigenvalue weighted by molar-refractivity contribution is 9.10. The summed E-state index contributed by atoms with van der Waals surface area (Å²) in [6.07, 6.45) is 0.292. The molecule has 4 nitrogen and oxygen atoms in total. The van der Waals surface area contributed by atoms with Gasteiger partial charge in [0.15, 0.2) is 0 Å². The lowest BCUT2D eigenvalue weighted by Gasteiger charge is -2.10. The Hall–Kier alpha value is -2.01. The molecule has 0 radical (unpaired) electrons. The minimum Gasteiger partial charge on any atom is -0.493 e. The number of aryl methyl sites for hydroxylation is 1. The van der Waals surface area contributed by atoms with Crippen LogP contribution in [0.5, 0.6) is 5.75 Å². The predicted octanol–water partition coefficient (Wildman–Crippen LogP) is 3.75. The lowest BCUT2D eigenvalue weighted by molar-refractivity contribution is -0.116. The van der Waals surface area contributed by atoms with Crippen LogP contribution >= 0.6 is 15.9 Å². The monoisotopic (exact) mass is 348 g/mol. The Kier molecular flexibility index (Phi) is 5.22. The maximum absolute atomic E-state index is 11.9. The van der Waals surface area contributed by atoms with Crippen LogP contribution < -0.4 is 15.8 Å². The van der Waals surface area contributed by atoms with Crippen LogP contribution in [0.1, 0.15) is 12.0 Å². The van der Waals surface area contributed by atoms with Crippen LogP contribution in [-0.2, 0) is 4.79 Å². The van der Waals surface area contributed by atoms with Gasteiger partial charge in [-0.2, -0.15) is 0 Å². The van der Waals surface area contributed by atoms with Gasteiger partial charge in [-0.25, -0.2) is 0 Å². The number of carbonyl (C=O) groups excluding carboxylic acids is 1. The van der Waals surface area contributed by atoms with Gasteiger partial charge in [-0.3, -0.25) is 4.79 Å². The summed E-state index contributed by atoms with van der Waals surface area (Å²) in [7, 11) is 0. The first-order valence-electron chi connectivity index (χ1n) is 6.59. The van der Waals surface area contributed by atoms with E-state index < -0.39 is 0 Å². The third kappa shape index (κ3) is 4.79. The molecule has 110 valence electrons. The summed E-state index contributed by atoms with van der Waals surface area (Å²) in [6.45, 7) is 2.24. The second kappa shape index (κ2) is 7.13. The van der Waals surface area contributed by atoms with Crippen molar-refractivity contribution in [2.75, 3.05) is 17.7 Å². The van der Waals surface area contributed by atoms with Gasteiger partial charge in [-0.05, 0) is 55.0 Å². The molecule has 0 fully saturated rings. The van der Waals surface area contributed by atoms with Gasteiger partial charge < -0.3 is 15.8 Å². The Morgan fingerprint density at radius 3 is 2.62 bits per heavy atom. The van der Waals surface area contributed by atoms with Crippen LogP contribution in [0.3, 0.4) is 0 Å². The summed E-state index contributed by atoms with van der Waals surface area (Å²) in [5.41, 5.74) is 8.08. The minimum atomic E-state index is -0.0833. The Bertz CT molecular complexity index is 627. The number of halogens is 1. The zero-order valence-electron chi connectivity index (χ0n) is 11.7. The first-order chi connectivity index (χ1) is 10.0. The van der Waals surface area contributed by atoms with Crippen molar-refractivity contribution in [2.45, 2.75) is 13.3 Å². The summed E-state index contributed by atoms with van der Waals surface area (Å²) < 4.78 is 6.51. The fourth-order valence-electron chi connectivity index (χ4n) is 1.83. The zero-order chi connectivity index (χ0) is 15.2. The van der Waals surface area contributed by atoms with Gasteiger partial charge in [-0.15, -0.1) is 0 Å². The number of ether oxygens (including phenoxy) is 1. The molecule has 0 spiro atoms. The van der Waals surface area contributed by atoms with E-state index in [1.54, 1.807) is 12.1 Å². The highest BCUT2D eigenvalue weighted by Gasteiger charge is 2.05. The lowest BCUT2D eigenvalue weighted by Crippen LogP contribution is -2.15. The number of hydrogen-bond donors (Lipinski definition) is 2. The fourth-order valence-corrected chi connectivity index (χ4v) is 2.10. The maximum atomic E-state index is 11.9. The van der Waals surface area contributed by atoms with Crippen molar-refractivity contribution in [3.8, 4) is 5.75 Å². The molecule has 2 rings (SSSR count). The SMILES string of the molecule is Cc1cc(N)ccc1NC(=O)CCOc1ccc(Br)cc1. The number of nitrogens with one attached hydrogen (secondary N) is 1. The van der Waals surface area contributed by atoms with Crippen molar-refractivity contribution in [2.24, 2.45) is 0 Å². The average molecular weight is 349 g/mol. The summed E-state index contributed by atoms with van der Waals surface area (Å²) in [6, 6.07) is 12.9. The van der Waals surface area contributed by atoms with Crippen molar-refractivity contribution < 1.29 is 9.53 Å². The lowest BCUT2D eigenvalue weighted by atomic mass is 10.2. The number of nitrogens with two attached hydrogens (primary N) is 1.